The van der Waals surface area contributed by atoms with Gasteiger partial charge in [-0.25, -0.2) is 4.98 Å². The van der Waals surface area contributed by atoms with Crippen LogP contribution < -0.4 is 10.6 Å². The largest absolute Gasteiger partial charge is 0.317 e. The molecule has 0 saturated carbocycles. The molecule has 1 aromatic heterocycles. The monoisotopic (exact) mass is 271 g/mol. The van der Waals surface area contributed by atoms with Crippen molar-refractivity contribution in [1.82, 2.24) is 10.3 Å². The van der Waals surface area contributed by atoms with Gasteiger partial charge in [0.2, 0.25) is 0 Å². The first-order valence-electron chi connectivity index (χ1n) is 5.76. The highest BCUT2D eigenvalue weighted by atomic mass is 32.1. The maximum atomic E-state index is 12.0. The summed E-state index contributed by atoms with van der Waals surface area (Å²) in [6, 6.07) is 12.7. The lowest BCUT2D eigenvalue weighted by atomic mass is 10.1. The van der Waals surface area contributed by atoms with E-state index in [9.17, 15) is 4.79 Å². The second-order valence-electron chi connectivity index (χ2n) is 3.94. The number of amides is 1. The van der Waals surface area contributed by atoms with Crippen LogP contribution in [0.2, 0.25) is 0 Å². The Labute approximate surface area is 116 Å². The van der Waals surface area contributed by atoms with Crippen molar-refractivity contribution >= 4 is 29.1 Å². The SMILES string of the molecule is Cc1ccccc1C(=O)NC(=S)Nc1ccccn1. The first-order chi connectivity index (χ1) is 9.16. The third-order valence-electron chi connectivity index (χ3n) is 2.52. The maximum absolute atomic E-state index is 12.0. The number of aryl methyl sites for hydroxylation is 1. The van der Waals surface area contributed by atoms with Crippen molar-refractivity contribution in [3.63, 3.8) is 0 Å². The standard InChI is InChI=1S/C14H13N3OS/c1-10-6-2-3-7-11(10)13(18)17-14(19)16-12-8-4-5-9-15-12/h2-9H,1H3,(H2,15,16,17,18,19). The van der Waals surface area contributed by atoms with Gasteiger partial charge >= 0.3 is 0 Å². The van der Waals surface area contributed by atoms with Crippen molar-refractivity contribution in [3.05, 3.63) is 59.8 Å². The summed E-state index contributed by atoms with van der Waals surface area (Å²) in [6.45, 7) is 1.88. The van der Waals surface area contributed by atoms with Crippen molar-refractivity contribution in [2.45, 2.75) is 6.92 Å². The number of rotatable bonds is 2. The Morgan fingerprint density at radius 2 is 1.89 bits per heavy atom. The number of aromatic nitrogens is 1. The zero-order valence-electron chi connectivity index (χ0n) is 10.4. The summed E-state index contributed by atoms with van der Waals surface area (Å²) in [7, 11) is 0. The van der Waals surface area contributed by atoms with Gasteiger partial charge in [0, 0.05) is 11.8 Å². The Balaban J connectivity index is 2.00. The fraction of sp³-hybridized carbons (Fsp3) is 0.0714. The molecule has 0 aliphatic rings. The minimum Gasteiger partial charge on any atom is -0.317 e. The molecule has 0 saturated heterocycles. The zero-order chi connectivity index (χ0) is 13.7. The molecule has 0 aliphatic heterocycles. The summed E-state index contributed by atoms with van der Waals surface area (Å²) in [4.78, 5) is 16.1. The molecular formula is C14H13N3OS. The highest BCUT2D eigenvalue weighted by Gasteiger charge is 2.09. The number of benzene rings is 1. The maximum Gasteiger partial charge on any atom is 0.257 e. The normalized spacial score (nSPS) is 9.74. The summed E-state index contributed by atoms with van der Waals surface area (Å²) in [5.41, 5.74) is 1.51. The lowest BCUT2D eigenvalue weighted by Crippen LogP contribution is -2.34. The predicted molar refractivity (Wildman–Crippen MR) is 79.1 cm³/mol. The van der Waals surface area contributed by atoms with Crippen LogP contribution in [0.4, 0.5) is 5.82 Å². The van der Waals surface area contributed by atoms with E-state index >= 15 is 0 Å². The van der Waals surface area contributed by atoms with Gasteiger partial charge in [-0.05, 0) is 42.9 Å². The smallest absolute Gasteiger partial charge is 0.257 e. The third kappa shape index (κ3) is 3.59. The molecule has 1 amide bonds. The van der Waals surface area contributed by atoms with Gasteiger partial charge in [-0.1, -0.05) is 24.3 Å². The molecule has 2 aromatic rings. The highest BCUT2D eigenvalue weighted by Crippen LogP contribution is 2.06. The lowest BCUT2D eigenvalue weighted by Gasteiger charge is -2.09. The number of hydrogen-bond donors (Lipinski definition) is 2. The molecule has 96 valence electrons. The second-order valence-corrected chi connectivity index (χ2v) is 4.35. The number of carbonyl (C=O) groups is 1. The first kappa shape index (κ1) is 13.2. The Morgan fingerprint density at radius 1 is 1.16 bits per heavy atom. The Hall–Kier alpha value is -2.27. The Bertz CT molecular complexity index is 599. The lowest BCUT2D eigenvalue weighted by molar-refractivity contribution is 0.0977. The van der Waals surface area contributed by atoms with Crippen molar-refractivity contribution < 1.29 is 4.79 Å². The van der Waals surface area contributed by atoms with Crippen molar-refractivity contribution in [2.75, 3.05) is 5.32 Å². The van der Waals surface area contributed by atoms with Crippen LogP contribution in [-0.4, -0.2) is 16.0 Å². The van der Waals surface area contributed by atoms with Crippen molar-refractivity contribution in [2.24, 2.45) is 0 Å². The Morgan fingerprint density at radius 3 is 2.58 bits per heavy atom. The quantitative estimate of drug-likeness (QED) is 0.824. The van der Waals surface area contributed by atoms with Crippen molar-refractivity contribution in [3.8, 4) is 0 Å². The van der Waals surface area contributed by atoms with Crippen LogP contribution in [0.3, 0.4) is 0 Å². The molecule has 1 heterocycles. The van der Waals surface area contributed by atoms with Gasteiger partial charge in [-0.15, -0.1) is 0 Å². The molecule has 0 fully saturated rings. The van der Waals surface area contributed by atoms with Crippen LogP contribution in [-0.2, 0) is 0 Å². The van der Waals surface area contributed by atoms with E-state index in [1.165, 1.54) is 0 Å². The minimum absolute atomic E-state index is 0.229. The van der Waals surface area contributed by atoms with Gasteiger partial charge in [0.05, 0.1) is 0 Å². The van der Waals surface area contributed by atoms with Crippen LogP contribution in [0.1, 0.15) is 15.9 Å². The molecule has 0 bridgehead atoms. The fourth-order valence-corrected chi connectivity index (χ4v) is 1.78. The number of hydrogen-bond acceptors (Lipinski definition) is 3. The van der Waals surface area contributed by atoms with E-state index < -0.39 is 0 Å². The average molecular weight is 271 g/mol. The van der Waals surface area contributed by atoms with Crippen LogP contribution in [0.5, 0.6) is 0 Å². The molecule has 0 spiro atoms. The van der Waals surface area contributed by atoms with E-state index in [1.54, 1.807) is 24.4 Å². The van der Waals surface area contributed by atoms with Gasteiger partial charge in [0.25, 0.3) is 5.91 Å². The van der Waals surface area contributed by atoms with Crippen LogP contribution >= 0.6 is 12.2 Å². The Kier molecular flexibility index (Phi) is 4.20. The van der Waals surface area contributed by atoms with E-state index in [0.29, 0.717) is 11.4 Å². The summed E-state index contributed by atoms with van der Waals surface area (Å²) >= 11 is 5.07. The average Bonchev–Trinajstić information content (AvgIpc) is 2.40. The molecule has 0 atom stereocenters. The van der Waals surface area contributed by atoms with Crippen LogP contribution in [0, 0.1) is 6.92 Å². The van der Waals surface area contributed by atoms with E-state index in [4.69, 9.17) is 12.2 Å². The minimum atomic E-state index is -0.230. The number of pyridine rings is 1. The summed E-state index contributed by atoms with van der Waals surface area (Å²) < 4.78 is 0. The van der Waals surface area contributed by atoms with Gasteiger partial charge in [0.15, 0.2) is 5.11 Å². The van der Waals surface area contributed by atoms with E-state index in [0.717, 1.165) is 5.56 Å². The van der Waals surface area contributed by atoms with E-state index in [1.807, 2.05) is 31.2 Å². The number of nitrogens with zero attached hydrogens (tertiary/aromatic N) is 1. The molecular weight excluding hydrogens is 258 g/mol. The second kappa shape index (κ2) is 6.06. The summed E-state index contributed by atoms with van der Waals surface area (Å²) in [5, 5.41) is 5.71. The third-order valence-corrected chi connectivity index (χ3v) is 2.73. The van der Waals surface area contributed by atoms with Crippen LogP contribution in [0.15, 0.2) is 48.7 Å². The number of carbonyl (C=O) groups excluding carboxylic acids is 1. The topological polar surface area (TPSA) is 54.0 Å². The van der Waals surface area contributed by atoms with Gasteiger partial charge in [-0.2, -0.15) is 0 Å². The van der Waals surface area contributed by atoms with E-state index in [2.05, 4.69) is 15.6 Å². The fourth-order valence-electron chi connectivity index (χ4n) is 1.58. The molecule has 4 nitrogen and oxygen atoms in total. The highest BCUT2D eigenvalue weighted by molar-refractivity contribution is 7.80. The van der Waals surface area contributed by atoms with E-state index in [-0.39, 0.29) is 11.0 Å². The molecule has 5 heteroatoms. The van der Waals surface area contributed by atoms with Gasteiger partial charge in [0.1, 0.15) is 5.82 Å². The summed E-state index contributed by atoms with van der Waals surface area (Å²) in [5.74, 6) is 0.365. The van der Waals surface area contributed by atoms with Crippen molar-refractivity contribution in [1.29, 1.82) is 0 Å². The molecule has 2 rings (SSSR count). The first-order valence-corrected chi connectivity index (χ1v) is 6.16. The summed E-state index contributed by atoms with van der Waals surface area (Å²) in [6.07, 6.45) is 1.65. The van der Waals surface area contributed by atoms with Gasteiger partial charge in [-0.3, -0.25) is 10.1 Å². The number of thiocarbonyl (C=S) groups is 1. The molecule has 0 aliphatic carbocycles. The predicted octanol–water partition coefficient (Wildman–Crippen LogP) is 2.52. The molecule has 0 radical (unpaired) electrons. The number of anilines is 1. The number of nitrogens with one attached hydrogen (secondary N) is 2. The molecule has 0 unspecified atom stereocenters. The molecule has 1 aromatic carbocycles. The van der Waals surface area contributed by atoms with Gasteiger partial charge < -0.3 is 5.32 Å². The zero-order valence-corrected chi connectivity index (χ0v) is 11.2. The molecule has 19 heavy (non-hydrogen) atoms. The molecule has 2 N–H and O–H groups in total. The van der Waals surface area contributed by atoms with Crippen LogP contribution in [0.25, 0.3) is 0 Å².